The zero-order valence-corrected chi connectivity index (χ0v) is 7.69. The van der Waals surface area contributed by atoms with Crippen LogP contribution in [-0.4, -0.2) is 17.8 Å². The SMILES string of the molecule is CCOc1ccc(NC(=O)O)cc1.F. The fraction of sp³-hybridized carbons (Fsp3) is 0.222. The average Bonchev–Trinajstić information content (AvgIpc) is 2.08. The highest BCUT2D eigenvalue weighted by Gasteiger charge is 1.97. The zero-order chi connectivity index (χ0) is 9.68. The zero-order valence-electron chi connectivity index (χ0n) is 7.69. The lowest BCUT2D eigenvalue weighted by Gasteiger charge is -2.03. The van der Waals surface area contributed by atoms with Crippen LogP contribution in [0.3, 0.4) is 0 Å². The minimum Gasteiger partial charge on any atom is -0.494 e. The van der Waals surface area contributed by atoms with Crippen molar-refractivity contribution in [3.05, 3.63) is 24.3 Å². The second-order valence-corrected chi connectivity index (χ2v) is 2.39. The predicted octanol–water partition coefficient (Wildman–Crippen LogP) is 2.33. The van der Waals surface area contributed by atoms with E-state index in [0.717, 1.165) is 5.75 Å². The van der Waals surface area contributed by atoms with Crippen LogP contribution in [0, 0.1) is 0 Å². The van der Waals surface area contributed by atoms with Crippen molar-refractivity contribution < 1.29 is 19.3 Å². The molecule has 0 aromatic heterocycles. The lowest BCUT2D eigenvalue weighted by atomic mass is 10.3. The molecule has 0 spiro atoms. The maximum absolute atomic E-state index is 10.2. The summed E-state index contributed by atoms with van der Waals surface area (Å²) in [5.41, 5.74) is 0.538. The standard InChI is InChI=1S/C9H11NO3.FH/c1-2-13-8-5-3-7(4-6-8)10-9(11)12;/h3-6,10H,2H2,1H3,(H,11,12);1H. The molecule has 1 rings (SSSR count). The van der Waals surface area contributed by atoms with Crippen molar-refractivity contribution in [3.63, 3.8) is 0 Å². The number of anilines is 1. The van der Waals surface area contributed by atoms with E-state index < -0.39 is 6.09 Å². The van der Waals surface area contributed by atoms with Crippen LogP contribution < -0.4 is 10.1 Å². The minimum atomic E-state index is -1.07. The van der Waals surface area contributed by atoms with Crippen molar-refractivity contribution in [2.24, 2.45) is 0 Å². The highest BCUT2D eigenvalue weighted by molar-refractivity contribution is 5.82. The van der Waals surface area contributed by atoms with Gasteiger partial charge in [-0.3, -0.25) is 10.0 Å². The van der Waals surface area contributed by atoms with Gasteiger partial charge in [-0.15, -0.1) is 0 Å². The van der Waals surface area contributed by atoms with Gasteiger partial charge in [0.25, 0.3) is 0 Å². The van der Waals surface area contributed by atoms with E-state index in [1.165, 1.54) is 0 Å². The van der Waals surface area contributed by atoms with E-state index in [-0.39, 0.29) is 4.70 Å². The number of benzene rings is 1. The molecule has 2 N–H and O–H groups in total. The Hall–Kier alpha value is -1.78. The molecule has 4 nitrogen and oxygen atoms in total. The van der Waals surface area contributed by atoms with Crippen molar-refractivity contribution >= 4 is 11.8 Å². The van der Waals surface area contributed by atoms with E-state index in [4.69, 9.17) is 9.84 Å². The summed E-state index contributed by atoms with van der Waals surface area (Å²) in [4.78, 5) is 10.2. The highest BCUT2D eigenvalue weighted by Crippen LogP contribution is 2.15. The fourth-order valence-electron chi connectivity index (χ4n) is 0.925. The van der Waals surface area contributed by atoms with Gasteiger partial charge in [0.05, 0.1) is 6.61 Å². The van der Waals surface area contributed by atoms with Gasteiger partial charge < -0.3 is 9.84 Å². The summed E-state index contributed by atoms with van der Waals surface area (Å²) in [6.45, 7) is 2.50. The predicted molar refractivity (Wildman–Crippen MR) is 51.8 cm³/mol. The first-order chi connectivity index (χ1) is 6.22. The number of nitrogens with one attached hydrogen (secondary N) is 1. The summed E-state index contributed by atoms with van der Waals surface area (Å²) < 4.78 is 5.19. The number of carboxylic acid groups (broad SMARTS) is 1. The summed E-state index contributed by atoms with van der Waals surface area (Å²) in [6, 6.07) is 6.74. The number of ether oxygens (including phenoxy) is 1. The lowest BCUT2D eigenvalue weighted by Crippen LogP contribution is -2.06. The number of hydrogen-bond donors (Lipinski definition) is 2. The van der Waals surface area contributed by atoms with Crippen LogP contribution in [0.4, 0.5) is 15.2 Å². The molecule has 14 heavy (non-hydrogen) atoms. The van der Waals surface area contributed by atoms with Gasteiger partial charge in [-0.05, 0) is 31.2 Å². The minimum absolute atomic E-state index is 0. The Kier molecular flexibility index (Phi) is 5.06. The molecule has 1 aromatic rings. The normalized spacial score (nSPS) is 8.64. The first-order valence-corrected chi connectivity index (χ1v) is 3.95. The average molecular weight is 201 g/mol. The van der Waals surface area contributed by atoms with E-state index >= 15 is 0 Å². The van der Waals surface area contributed by atoms with Crippen molar-refractivity contribution in [1.29, 1.82) is 0 Å². The Balaban J connectivity index is 0.00000169. The Morgan fingerprint density at radius 3 is 2.43 bits per heavy atom. The molecular weight excluding hydrogens is 189 g/mol. The van der Waals surface area contributed by atoms with Crippen LogP contribution in [0.1, 0.15) is 6.92 Å². The van der Waals surface area contributed by atoms with E-state index in [1.807, 2.05) is 6.92 Å². The Labute approximate surface area is 80.9 Å². The van der Waals surface area contributed by atoms with Crippen LogP contribution in [-0.2, 0) is 0 Å². The third-order valence-corrected chi connectivity index (χ3v) is 1.42. The third kappa shape index (κ3) is 3.75. The molecule has 0 radical (unpaired) electrons. The summed E-state index contributed by atoms with van der Waals surface area (Å²) in [6.07, 6.45) is -1.07. The van der Waals surface area contributed by atoms with E-state index in [1.54, 1.807) is 24.3 Å². The maximum Gasteiger partial charge on any atom is 0.409 e. The second kappa shape index (κ2) is 5.80. The van der Waals surface area contributed by atoms with E-state index in [9.17, 15) is 4.79 Å². The van der Waals surface area contributed by atoms with Gasteiger partial charge in [0, 0.05) is 5.69 Å². The van der Waals surface area contributed by atoms with Gasteiger partial charge in [0.15, 0.2) is 0 Å². The Morgan fingerprint density at radius 1 is 1.43 bits per heavy atom. The monoisotopic (exact) mass is 201 g/mol. The van der Waals surface area contributed by atoms with Crippen molar-refractivity contribution in [2.75, 3.05) is 11.9 Å². The largest absolute Gasteiger partial charge is 0.494 e. The number of carbonyl (C=O) groups is 1. The topological polar surface area (TPSA) is 58.6 Å². The lowest BCUT2D eigenvalue weighted by molar-refractivity contribution is 0.209. The summed E-state index contributed by atoms with van der Waals surface area (Å²) >= 11 is 0. The molecule has 0 atom stereocenters. The van der Waals surface area contributed by atoms with Crippen LogP contribution in [0.2, 0.25) is 0 Å². The highest BCUT2D eigenvalue weighted by atomic mass is 19.0. The number of rotatable bonds is 3. The molecule has 0 fully saturated rings. The van der Waals surface area contributed by atoms with E-state index in [2.05, 4.69) is 5.32 Å². The molecule has 78 valence electrons. The van der Waals surface area contributed by atoms with Gasteiger partial charge in [-0.25, -0.2) is 4.79 Å². The molecule has 1 amide bonds. The summed E-state index contributed by atoms with van der Waals surface area (Å²) in [5.74, 6) is 0.735. The van der Waals surface area contributed by atoms with Crippen molar-refractivity contribution in [3.8, 4) is 5.75 Å². The smallest absolute Gasteiger partial charge is 0.409 e. The first-order valence-electron chi connectivity index (χ1n) is 3.95. The third-order valence-electron chi connectivity index (χ3n) is 1.42. The Morgan fingerprint density at radius 2 is 2.00 bits per heavy atom. The molecule has 0 heterocycles. The maximum atomic E-state index is 10.2. The molecule has 0 bridgehead atoms. The Bertz CT molecular complexity index is 287. The van der Waals surface area contributed by atoms with Gasteiger partial charge in [0.2, 0.25) is 0 Å². The fourth-order valence-corrected chi connectivity index (χ4v) is 0.925. The second-order valence-electron chi connectivity index (χ2n) is 2.39. The molecular formula is C9H12FNO3. The molecule has 0 saturated carbocycles. The number of hydrogen-bond acceptors (Lipinski definition) is 2. The van der Waals surface area contributed by atoms with Crippen LogP contribution in [0.15, 0.2) is 24.3 Å². The first kappa shape index (κ1) is 12.2. The van der Waals surface area contributed by atoms with Crippen LogP contribution >= 0.6 is 0 Å². The molecule has 0 aliphatic carbocycles. The molecule has 0 unspecified atom stereocenters. The van der Waals surface area contributed by atoms with Gasteiger partial charge in [0.1, 0.15) is 5.75 Å². The number of amides is 1. The molecule has 1 aromatic carbocycles. The van der Waals surface area contributed by atoms with Crippen LogP contribution in [0.25, 0.3) is 0 Å². The van der Waals surface area contributed by atoms with Crippen molar-refractivity contribution in [2.45, 2.75) is 6.92 Å². The molecule has 0 aliphatic rings. The quantitative estimate of drug-likeness (QED) is 0.789. The molecule has 5 heteroatoms. The summed E-state index contributed by atoms with van der Waals surface area (Å²) in [5, 5.41) is 10.6. The van der Waals surface area contributed by atoms with Gasteiger partial charge in [-0.1, -0.05) is 0 Å². The number of halogens is 1. The van der Waals surface area contributed by atoms with Crippen molar-refractivity contribution in [1.82, 2.24) is 0 Å². The molecule has 0 saturated heterocycles. The summed E-state index contributed by atoms with van der Waals surface area (Å²) in [7, 11) is 0. The van der Waals surface area contributed by atoms with E-state index in [0.29, 0.717) is 12.3 Å². The van der Waals surface area contributed by atoms with Gasteiger partial charge in [-0.2, -0.15) is 0 Å². The van der Waals surface area contributed by atoms with Crippen LogP contribution in [0.5, 0.6) is 5.75 Å². The molecule has 0 aliphatic heterocycles. The van der Waals surface area contributed by atoms with Gasteiger partial charge >= 0.3 is 6.09 Å².